The Labute approximate surface area is 128 Å². The second-order valence-corrected chi connectivity index (χ2v) is 6.00. The number of aromatic nitrogens is 2. The summed E-state index contributed by atoms with van der Waals surface area (Å²) in [5.41, 5.74) is 4.71. The number of fused-ring (bicyclic) bond motifs is 1. The van der Waals surface area contributed by atoms with Crippen LogP contribution in [0.5, 0.6) is 0 Å². The first-order valence-electron chi connectivity index (χ1n) is 6.87. The molecule has 21 heavy (non-hydrogen) atoms. The molecule has 1 unspecified atom stereocenters. The first-order valence-corrected chi connectivity index (χ1v) is 7.30. The Morgan fingerprint density at radius 2 is 1.90 bits per heavy atom. The van der Waals surface area contributed by atoms with Crippen LogP contribution in [0.4, 0.5) is 4.39 Å². The lowest BCUT2D eigenvalue weighted by Crippen LogP contribution is -2.04. The van der Waals surface area contributed by atoms with Crippen molar-refractivity contribution >= 4 is 22.6 Å². The van der Waals surface area contributed by atoms with Gasteiger partial charge in [0.25, 0.3) is 0 Å². The standard InChI is InChI=1S/C17H16ClFN2/c1-10-4-7-14-16(8-10)21(17(20-14)12(3)18)15-9-13(19)6-5-11(15)2/h4-9,12H,1-3H3. The van der Waals surface area contributed by atoms with Crippen LogP contribution < -0.4 is 0 Å². The van der Waals surface area contributed by atoms with Crippen molar-refractivity contribution in [2.24, 2.45) is 0 Å². The summed E-state index contributed by atoms with van der Waals surface area (Å²) in [5.74, 6) is 0.462. The lowest BCUT2D eigenvalue weighted by Gasteiger charge is -2.13. The molecule has 1 aromatic heterocycles. The summed E-state index contributed by atoms with van der Waals surface area (Å²) >= 11 is 6.28. The van der Waals surface area contributed by atoms with Crippen molar-refractivity contribution in [2.75, 3.05) is 0 Å². The van der Waals surface area contributed by atoms with Gasteiger partial charge in [0, 0.05) is 0 Å². The van der Waals surface area contributed by atoms with Gasteiger partial charge >= 0.3 is 0 Å². The van der Waals surface area contributed by atoms with Crippen LogP contribution >= 0.6 is 11.6 Å². The molecule has 3 aromatic rings. The van der Waals surface area contributed by atoms with Crippen LogP contribution in [0.25, 0.3) is 16.7 Å². The third-order valence-electron chi connectivity index (χ3n) is 3.60. The summed E-state index contributed by atoms with van der Waals surface area (Å²) in [7, 11) is 0. The molecule has 0 aliphatic carbocycles. The fraction of sp³-hybridized carbons (Fsp3) is 0.235. The maximum absolute atomic E-state index is 13.7. The molecule has 0 fully saturated rings. The predicted octanol–water partition coefficient (Wildman–Crippen LogP) is 5.08. The highest BCUT2D eigenvalue weighted by atomic mass is 35.5. The van der Waals surface area contributed by atoms with Crippen LogP contribution in [0, 0.1) is 19.7 Å². The molecule has 0 amide bonds. The van der Waals surface area contributed by atoms with Gasteiger partial charge < -0.3 is 0 Å². The van der Waals surface area contributed by atoms with E-state index < -0.39 is 0 Å². The van der Waals surface area contributed by atoms with Gasteiger partial charge in [-0.15, -0.1) is 11.6 Å². The van der Waals surface area contributed by atoms with Gasteiger partial charge in [-0.1, -0.05) is 12.1 Å². The molecule has 0 aliphatic heterocycles. The second-order valence-electron chi connectivity index (χ2n) is 5.34. The van der Waals surface area contributed by atoms with Gasteiger partial charge in [0.15, 0.2) is 0 Å². The van der Waals surface area contributed by atoms with Gasteiger partial charge in [-0.05, 0) is 56.2 Å². The van der Waals surface area contributed by atoms with Gasteiger partial charge in [0.1, 0.15) is 11.6 Å². The predicted molar refractivity (Wildman–Crippen MR) is 84.8 cm³/mol. The molecule has 1 heterocycles. The van der Waals surface area contributed by atoms with Crippen LogP contribution in [0.1, 0.15) is 29.3 Å². The van der Waals surface area contributed by atoms with Crippen molar-refractivity contribution in [1.29, 1.82) is 0 Å². The summed E-state index contributed by atoms with van der Waals surface area (Å²) < 4.78 is 15.6. The molecule has 3 rings (SSSR count). The van der Waals surface area contributed by atoms with Crippen molar-refractivity contribution < 1.29 is 4.39 Å². The van der Waals surface area contributed by atoms with Gasteiger partial charge in [0.2, 0.25) is 0 Å². The number of hydrogen-bond acceptors (Lipinski definition) is 1. The quantitative estimate of drug-likeness (QED) is 0.604. The van der Waals surface area contributed by atoms with Crippen molar-refractivity contribution in [2.45, 2.75) is 26.1 Å². The smallest absolute Gasteiger partial charge is 0.132 e. The largest absolute Gasteiger partial charge is 0.295 e. The lowest BCUT2D eigenvalue weighted by atomic mass is 10.1. The van der Waals surface area contributed by atoms with Gasteiger partial charge in [0.05, 0.1) is 22.1 Å². The number of benzene rings is 2. The lowest BCUT2D eigenvalue weighted by molar-refractivity contribution is 0.625. The molecule has 0 N–H and O–H groups in total. The number of rotatable bonds is 2. The molecular formula is C17H16ClFN2. The van der Waals surface area contributed by atoms with E-state index >= 15 is 0 Å². The fourth-order valence-corrected chi connectivity index (χ4v) is 2.69. The van der Waals surface area contributed by atoms with Crippen molar-refractivity contribution in [1.82, 2.24) is 9.55 Å². The van der Waals surface area contributed by atoms with Crippen LogP contribution in [0.2, 0.25) is 0 Å². The Balaban J connectivity index is 2.41. The molecular weight excluding hydrogens is 287 g/mol. The normalized spacial score (nSPS) is 12.8. The Kier molecular flexibility index (Phi) is 3.46. The Morgan fingerprint density at radius 3 is 2.62 bits per heavy atom. The molecule has 2 aromatic carbocycles. The van der Waals surface area contributed by atoms with Crippen molar-refractivity contribution in [3.8, 4) is 5.69 Å². The third kappa shape index (κ3) is 2.42. The number of aryl methyl sites for hydroxylation is 2. The van der Waals surface area contributed by atoms with Gasteiger partial charge in [-0.3, -0.25) is 4.57 Å². The van der Waals surface area contributed by atoms with Crippen LogP contribution in [0.15, 0.2) is 36.4 Å². The SMILES string of the molecule is Cc1ccc2nc(C(C)Cl)n(-c3cc(F)ccc3C)c2c1. The molecule has 0 saturated carbocycles. The molecule has 0 radical (unpaired) electrons. The molecule has 2 nitrogen and oxygen atoms in total. The summed E-state index contributed by atoms with van der Waals surface area (Å²) in [6.07, 6.45) is 0. The zero-order valence-corrected chi connectivity index (χ0v) is 12.9. The minimum atomic E-state index is -0.265. The first-order chi connectivity index (χ1) is 9.97. The van der Waals surface area contributed by atoms with E-state index in [1.54, 1.807) is 6.07 Å². The van der Waals surface area contributed by atoms with E-state index in [-0.39, 0.29) is 11.2 Å². The Bertz CT molecular complexity index is 821. The summed E-state index contributed by atoms with van der Waals surface area (Å²) in [5, 5.41) is -0.264. The zero-order chi connectivity index (χ0) is 15.1. The number of nitrogens with zero attached hydrogens (tertiary/aromatic N) is 2. The number of alkyl halides is 1. The Morgan fingerprint density at radius 1 is 1.14 bits per heavy atom. The third-order valence-corrected chi connectivity index (χ3v) is 3.80. The van der Waals surface area contributed by atoms with E-state index in [2.05, 4.69) is 11.1 Å². The molecule has 0 spiro atoms. The van der Waals surface area contributed by atoms with Crippen LogP contribution in [-0.4, -0.2) is 9.55 Å². The maximum atomic E-state index is 13.7. The fourth-order valence-electron chi connectivity index (χ4n) is 2.55. The van der Waals surface area contributed by atoms with Crippen LogP contribution in [0.3, 0.4) is 0 Å². The van der Waals surface area contributed by atoms with Gasteiger partial charge in [-0.2, -0.15) is 0 Å². The van der Waals surface area contributed by atoms with E-state index in [4.69, 9.17) is 11.6 Å². The van der Waals surface area contributed by atoms with Crippen molar-refractivity contribution in [3.63, 3.8) is 0 Å². The Hall–Kier alpha value is -1.87. The average Bonchev–Trinajstić information content (AvgIpc) is 2.80. The number of hydrogen-bond donors (Lipinski definition) is 0. The maximum Gasteiger partial charge on any atom is 0.132 e. The monoisotopic (exact) mass is 302 g/mol. The van der Waals surface area contributed by atoms with E-state index in [1.165, 1.54) is 12.1 Å². The molecule has 0 saturated heterocycles. The first kappa shape index (κ1) is 14.1. The average molecular weight is 303 g/mol. The molecule has 1 atom stereocenters. The molecule has 0 bridgehead atoms. The minimum absolute atomic E-state index is 0.264. The highest BCUT2D eigenvalue weighted by Crippen LogP contribution is 2.30. The highest BCUT2D eigenvalue weighted by Gasteiger charge is 2.18. The van der Waals surface area contributed by atoms with E-state index in [9.17, 15) is 4.39 Å². The highest BCUT2D eigenvalue weighted by molar-refractivity contribution is 6.20. The second kappa shape index (κ2) is 5.15. The summed E-state index contributed by atoms with van der Waals surface area (Å²) in [4.78, 5) is 4.61. The number of halogens is 2. The number of imidazole rings is 1. The molecule has 108 valence electrons. The van der Waals surface area contributed by atoms with Gasteiger partial charge in [-0.25, -0.2) is 9.37 Å². The topological polar surface area (TPSA) is 17.8 Å². The molecule has 0 aliphatic rings. The van der Waals surface area contributed by atoms with E-state index in [0.29, 0.717) is 0 Å². The molecule has 4 heteroatoms. The minimum Gasteiger partial charge on any atom is -0.295 e. The summed E-state index contributed by atoms with van der Waals surface area (Å²) in [6.45, 7) is 5.86. The van der Waals surface area contributed by atoms with Crippen LogP contribution in [-0.2, 0) is 0 Å². The van der Waals surface area contributed by atoms with E-state index in [1.807, 2.05) is 37.5 Å². The summed E-state index contributed by atoms with van der Waals surface area (Å²) in [6, 6.07) is 10.8. The van der Waals surface area contributed by atoms with Crippen molar-refractivity contribution in [3.05, 3.63) is 59.2 Å². The zero-order valence-electron chi connectivity index (χ0n) is 12.2. The van der Waals surface area contributed by atoms with E-state index in [0.717, 1.165) is 33.7 Å².